The summed E-state index contributed by atoms with van der Waals surface area (Å²) < 4.78 is 10.7. The van der Waals surface area contributed by atoms with Crippen molar-refractivity contribution >= 4 is 34.4 Å². The van der Waals surface area contributed by atoms with Crippen LogP contribution in [0.15, 0.2) is 64.6 Å². The first kappa shape index (κ1) is 16.5. The number of rotatable bonds is 6. The second kappa shape index (κ2) is 7.99. The molecule has 2 heterocycles. The van der Waals surface area contributed by atoms with Crippen molar-refractivity contribution in [2.75, 3.05) is 12.4 Å². The minimum Gasteiger partial charge on any atom is -0.497 e. The lowest BCUT2D eigenvalue weighted by Crippen LogP contribution is -2.33. The normalized spacial score (nSPS) is 10.4. The topological polar surface area (TPSA) is 37.6 Å². The molecule has 0 bridgehead atoms. The Morgan fingerprint density at radius 1 is 1.21 bits per heavy atom. The summed E-state index contributed by atoms with van der Waals surface area (Å²) in [6.45, 7) is 1.34. The van der Waals surface area contributed by atoms with E-state index in [0.29, 0.717) is 11.7 Å². The van der Waals surface area contributed by atoms with Gasteiger partial charge in [-0.3, -0.25) is 0 Å². The molecule has 0 amide bonds. The van der Waals surface area contributed by atoms with E-state index in [1.165, 1.54) is 4.88 Å². The first-order valence-corrected chi connectivity index (χ1v) is 8.78. The largest absolute Gasteiger partial charge is 0.497 e. The molecular formula is C18H18N2O2S2. The van der Waals surface area contributed by atoms with Gasteiger partial charge in [0.25, 0.3) is 0 Å². The predicted molar refractivity (Wildman–Crippen MR) is 101 cm³/mol. The molecular weight excluding hydrogens is 340 g/mol. The number of methoxy groups -OCH3 is 1. The number of nitrogens with one attached hydrogen (secondary N) is 1. The molecule has 124 valence electrons. The lowest BCUT2D eigenvalue weighted by atomic mass is 10.3. The molecule has 0 fully saturated rings. The highest BCUT2D eigenvalue weighted by molar-refractivity contribution is 7.80. The molecule has 0 atom stereocenters. The van der Waals surface area contributed by atoms with Crippen molar-refractivity contribution in [3.63, 3.8) is 0 Å². The van der Waals surface area contributed by atoms with E-state index in [2.05, 4.69) is 21.7 Å². The van der Waals surface area contributed by atoms with Crippen LogP contribution in [0.3, 0.4) is 0 Å². The number of hydrogen-bond donors (Lipinski definition) is 1. The molecule has 24 heavy (non-hydrogen) atoms. The van der Waals surface area contributed by atoms with E-state index in [9.17, 15) is 0 Å². The van der Waals surface area contributed by atoms with E-state index >= 15 is 0 Å². The average Bonchev–Trinajstić information content (AvgIpc) is 3.28. The van der Waals surface area contributed by atoms with E-state index in [-0.39, 0.29) is 0 Å². The van der Waals surface area contributed by atoms with Crippen LogP contribution in [0.5, 0.6) is 5.75 Å². The third kappa shape index (κ3) is 4.37. The number of thiophene rings is 1. The Labute approximate surface area is 150 Å². The Bertz CT molecular complexity index is 734. The molecule has 3 aromatic rings. The van der Waals surface area contributed by atoms with Gasteiger partial charge >= 0.3 is 0 Å². The van der Waals surface area contributed by atoms with E-state index in [0.717, 1.165) is 23.7 Å². The highest BCUT2D eigenvalue weighted by atomic mass is 32.1. The molecule has 2 aromatic heterocycles. The zero-order valence-electron chi connectivity index (χ0n) is 13.3. The molecule has 0 aliphatic heterocycles. The van der Waals surface area contributed by atoms with Gasteiger partial charge in [0, 0.05) is 16.6 Å². The van der Waals surface area contributed by atoms with Crippen LogP contribution in [0, 0.1) is 0 Å². The van der Waals surface area contributed by atoms with Crippen LogP contribution in [0.4, 0.5) is 5.69 Å². The molecule has 6 heteroatoms. The fourth-order valence-corrected chi connectivity index (χ4v) is 3.25. The minimum absolute atomic E-state index is 0.612. The second-order valence-corrected chi connectivity index (χ2v) is 6.60. The van der Waals surface area contributed by atoms with Gasteiger partial charge < -0.3 is 19.4 Å². The Balaban J connectivity index is 1.74. The third-order valence-corrected chi connectivity index (χ3v) is 4.68. The summed E-state index contributed by atoms with van der Waals surface area (Å²) in [7, 11) is 1.65. The van der Waals surface area contributed by atoms with E-state index in [4.69, 9.17) is 21.4 Å². The SMILES string of the molecule is COc1cccc(NC(=S)N(Cc2ccco2)Cc2cccs2)c1. The summed E-state index contributed by atoms with van der Waals surface area (Å²) in [5, 5.41) is 6.00. The third-order valence-electron chi connectivity index (χ3n) is 3.46. The first-order chi connectivity index (χ1) is 11.7. The maximum absolute atomic E-state index is 5.62. The van der Waals surface area contributed by atoms with Gasteiger partial charge in [-0.2, -0.15) is 0 Å². The Morgan fingerprint density at radius 2 is 2.12 bits per heavy atom. The summed E-state index contributed by atoms with van der Waals surface area (Å²) in [5.74, 6) is 1.67. The van der Waals surface area contributed by atoms with Crippen molar-refractivity contribution in [3.8, 4) is 5.75 Å². The van der Waals surface area contributed by atoms with Gasteiger partial charge in [0.05, 0.1) is 26.5 Å². The van der Waals surface area contributed by atoms with Crippen molar-refractivity contribution in [3.05, 3.63) is 70.8 Å². The zero-order chi connectivity index (χ0) is 16.8. The van der Waals surface area contributed by atoms with Crippen LogP contribution in [-0.4, -0.2) is 17.1 Å². The van der Waals surface area contributed by atoms with Gasteiger partial charge in [0.2, 0.25) is 0 Å². The van der Waals surface area contributed by atoms with Gasteiger partial charge in [0.1, 0.15) is 11.5 Å². The quantitative estimate of drug-likeness (QED) is 0.644. The molecule has 0 aliphatic carbocycles. The van der Waals surface area contributed by atoms with Gasteiger partial charge in [-0.05, 0) is 47.9 Å². The smallest absolute Gasteiger partial charge is 0.174 e. The number of anilines is 1. The molecule has 0 unspecified atom stereocenters. The van der Waals surface area contributed by atoms with Crippen molar-refractivity contribution in [1.82, 2.24) is 4.90 Å². The molecule has 0 radical (unpaired) electrons. The fraction of sp³-hybridized carbons (Fsp3) is 0.167. The summed E-state index contributed by atoms with van der Waals surface area (Å²) in [5.41, 5.74) is 0.898. The van der Waals surface area contributed by atoms with Crippen LogP contribution >= 0.6 is 23.6 Å². The van der Waals surface area contributed by atoms with Gasteiger partial charge in [-0.15, -0.1) is 11.3 Å². The molecule has 0 aliphatic rings. The lowest BCUT2D eigenvalue weighted by Gasteiger charge is -2.24. The molecule has 3 rings (SSSR count). The fourth-order valence-electron chi connectivity index (χ4n) is 2.28. The van der Waals surface area contributed by atoms with Crippen molar-refractivity contribution in [1.29, 1.82) is 0 Å². The van der Waals surface area contributed by atoms with Crippen molar-refractivity contribution < 1.29 is 9.15 Å². The standard InChI is InChI=1S/C18H18N2O2S2/c1-21-15-6-2-5-14(11-15)19-18(23)20(12-16-7-3-9-22-16)13-17-8-4-10-24-17/h2-11H,12-13H2,1H3,(H,19,23). The number of furan rings is 1. The van der Waals surface area contributed by atoms with Gasteiger partial charge in [-0.25, -0.2) is 0 Å². The molecule has 0 saturated heterocycles. The summed E-state index contributed by atoms with van der Waals surface area (Å²) >= 11 is 7.33. The number of ether oxygens (including phenoxy) is 1. The van der Waals surface area contributed by atoms with E-state index < -0.39 is 0 Å². The molecule has 4 nitrogen and oxygen atoms in total. The highest BCUT2D eigenvalue weighted by Gasteiger charge is 2.14. The molecule has 1 aromatic carbocycles. The second-order valence-electron chi connectivity index (χ2n) is 5.18. The van der Waals surface area contributed by atoms with Crippen LogP contribution in [0.2, 0.25) is 0 Å². The van der Waals surface area contributed by atoms with Crippen LogP contribution in [-0.2, 0) is 13.1 Å². The monoisotopic (exact) mass is 358 g/mol. The van der Waals surface area contributed by atoms with Gasteiger partial charge in [0.15, 0.2) is 5.11 Å². The summed E-state index contributed by atoms with van der Waals surface area (Å²) in [6.07, 6.45) is 1.68. The Kier molecular flexibility index (Phi) is 5.51. The first-order valence-electron chi connectivity index (χ1n) is 7.49. The van der Waals surface area contributed by atoms with Gasteiger partial charge in [-0.1, -0.05) is 12.1 Å². The zero-order valence-corrected chi connectivity index (χ0v) is 14.9. The van der Waals surface area contributed by atoms with Crippen LogP contribution in [0.1, 0.15) is 10.6 Å². The Hall–Kier alpha value is -2.31. The lowest BCUT2D eigenvalue weighted by molar-refractivity contribution is 0.362. The predicted octanol–water partition coefficient (Wildman–Crippen LogP) is 4.75. The molecule has 0 saturated carbocycles. The van der Waals surface area contributed by atoms with Crippen molar-refractivity contribution in [2.45, 2.75) is 13.1 Å². The number of hydrogen-bond acceptors (Lipinski definition) is 4. The molecule has 1 N–H and O–H groups in total. The summed E-state index contributed by atoms with van der Waals surface area (Å²) in [4.78, 5) is 3.33. The average molecular weight is 358 g/mol. The maximum atomic E-state index is 5.62. The summed E-state index contributed by atoms with van der Waals surface area (Å²) in [6, 6.07) is 15.7. The minimum atomic E-state index is 0.612. The van der Waals surface area contributed by atoms with Crippen LogP contribution < -0.4 is 10.1 Å². The highest BCUT2D eigenvalue weighted by Crippen LogP contribution is 2.19. The van der Waals surface area contributed by atoms with E-state index in [1.54, 1.807) is 24.7 Å². The Morgan fingerprint density at radius 3 is 2.83 bits per heavy atom. The number of nitrogens with zero attached hydrogens (tertiary/aromatic N) is 1. The number of benzene rings is 1. The maximum Gasteiger partial charge on any atom is 0.174 e. The molecule has 0 spiro atoms. The van der Waals surface area contributed by atoms with Crippen molar-refractivity contribution in [2.24, 2.45) is 0 Å². The van der Waals surface area contributed by atoms with Crippen LogP contribution in [0.25, 0.3) is 0 Å². The number of thiocarbonyl (C=S) groups is 1. The van der Waals surface area contributed by atoms with E-state index in [1.807, 2.05) is 42.5 Å².